The molecule has 4 nitrogen and oxygen atoms in total. The van der Waals surface area contributed by atoms with Crippen molar-refractivity contribution in [1.82, 2.24) is 15.3 Å². The molecule has 1 rings (SSSR count). The molecule has 1 aromatic heterocycles. The van der Waals surface area contributed by atoms with E-state index in [2.05, 4.69) is 10.4 Å². The first-order chi connectivity index (χ1) is 7.84. The van der Waals surface area contributed by atoms with Gasteiger partial charge in [0.15, 0.2) is 5.01 Å². The minimum absolute atomic E-state index is 0.300. The van der Waals surface area contributed by atoms with Gasteiger partial charge in [0.05, 0.1) is 6.04 Å². The molecule has 1 unspecified atom stereocenters. The zero-order valence-corrected chi connectivity index (χ0v) is 10.4. The quantitative estimate of drug-likeness (QED) is 0.629. The highest BCUT2D eigenvalue weighted by atomic mass is 32.1. The normalized spacial score (nSPS) is 14.3. The summed E-state index contributed by atoms with van der Waals surface area (Å²) in [6, 6.07) is -0.300. The zero-order valence-electron chi connectivity index (χ0n) is 9.58. The summed E-state index contributed by atoms with van der Waals surface area (Å²) in [5.74, 6) is 5.34. The second-order valence-electron chi connectivity index (χ2n) is 3.88. The van der Waals surface area contributed by atoms with Gasteiger partial charge in [-0.05, 0) is 27.1 Å². The second kappa shape index (κ2) is 5.76. The molecule has 0 saturated carbocycles. The minimum Gasteiger partial charge on any atom is -0.309 e. The van der Waals surface area contributed by atoms with Gasteiger partial charge in [-0.1, -0.05) is 0 Å². The third-order valence-electron chi connectivity index (χ3n) is 2.18. The lowest BCUT2D eigenvalue weighted by Gasteiger charge is -2.16. The van der Waals surface area contributed by atoms with Gasteiger partial charge in [0.2, 0.25) is 0 Å². The van der Waals surface area contributed by atoms with Crippen LogP contribution in [0.4, 0.5) is 13.2 Å². The molecule has 0 aromatic carbocycles. The van der Waals surface area contributed by atoms with Gasteiger partial charge >= 0.3 is 6.18 Å². The number of nitrogens with zero attached hydrogens (tertiary/aromatic N) is 2. The lowest BCUT2D eigenvalue weighted by atomic mass is 10.2. The number of hydrazine groups is 1. The van der Waals surface area contributed by atoms with Gasteiger partial charge < -0.3 is 4.90 Å². The number of rotatable bonds is 5. The molecular formula is C9H15F3N4S. The molecule has 0 fully saturated rings. The van der Waals surface area contributed by atoms with E-state index in [4.69, 9.17) is 5.84 Å². The first-order valence-electron chi connectivity index (χ1n) is 4.98. The monoisotopic (exact) mass is 268 g/mol. The van der Waals surface area contributed by atoms with Crippen LogP contribution < -0.4 is 11.3 Å². The molecule has 0 radical (unpaired) electrons. The molecule has 0 aliphatic carbocycles. The van der Waals surface area contributed by atoms with Crippen LogP contribution in [-0.2, 0) is 6.18 Å². The van der Waals surface area contributed by atoms with Crippen LogP contribution in [0, 0.1) is 0 Å². The van der Waals surface area contributed by atoms with Gasteiger partial charge in [-0.2, -0.15) is 13.2 Å². The first kappa shape index (κ1) is 14.4. The van der Waals surface area contributed by atoms with Gasteiger partial charge in [0, 0.05) is 11.1 Å². The van der Waals surface area contributed by atoms with E-state index in [0.29, 0.717) is 22.6 Å². The number of hydrogen-bond donors (Lipinski definition) is 2. The number of aromatic nitrogens is 1. The Labute approximate surface area is 102 Å². The van der Waals surface area contributed by atoms with Gasteiger partial charge in [0.25, 0.3) is 0 Å². The number of hydrogen-bond acceptors (Lipinski definition) is 5. The van der Waals surface area contributed by atoms with Crippen molar-refractivity contribution in [3.8, 4) is 0 Å². The summed E-state index contributed by atoms with van der Waals surface area (Å²) >= 11 is 0.627. The Balaban J connectivity index is 2.72. The maximum absolute atomic E-state index is 12.4. The number of alkyl halides is 3. The van der Waals surface area contributed by atoms with Crippen molar-refractivity contribution in [2.45, 2.75) is 18.6 Å². The Morgan fingerprint density at radius 3 is 2.59 bits per heavy atom. The predicted molar refractivity (Wildman–Crippen MR) is 60.4 cm³/mol. The molecule has 17 heavy (non-hydrogen) atoms. The molecule has 0 amide bonds. The summed E-state index contributed by atoms with van der Waals surface area (Å²) < 4.78 is 37.1. The molecule has 0 saturated heterocycles. The van der Waals surface area contributed by atoms with E-state index in [-0.39, 0.29) is 6.04 Å². The third kappa shape index (κ3) is 4.23. The third-order valence-corrected chi connectivity index (χ3v) is 3.33. The Kier molecular flexibility index (Phi) is 4.87. The van der Waals surface area contributed by atoms with E-state index >= 15 is 0 Å². The number of nitrogens with two attached hydrogens (primary N) is 1. The average molecular weight is 268 g/mol. The highest BCUT2D eigenvalue weighted by Gasteiger charge is 2.35. The molecule has 3 N–H and O–H groups in total. The summed E-state index contributed by atoms with van der Waals surface area (Å²) in [7, 11) is 3.78. The second-order valence-corrected chi connectivity index (χ2v) is 4.94. The predicted octanol–water partition coefficient (Wildman–Crippen LogP) is 1.62. The molecule has 8 heteroatoms. The van der Waals surface area contributed by atoms with E-state index in [0.717, 1.165) is 6.54 Å². The highest BCUT2D eigenvalue weighted by Crippen LogP contribution is 2.34. The van der Waals surface area contributed by atoms with Crippen LogP contribution in [0.5, 0.6) is 0 Å². The average Bonchev–Trinajstić information content (AvgIpc) is 2.67. The summed E-state index contributed by atoms with van der Waals surface area (Å²) in [6.45, 7) is 0.730. The zero-order chi connectivity index (χ0) is 13.1. The van der Waals surface area contributed by atoms with Crippen molar-refractivity contribution in [3.05, 3.63) is 16.1 Å². The van der Waals surface area contributed by atoms with Crippen molar-refractivity contribution in [3.63, 3.8) is 0 Å². The number of halogens is 3. The van der Waals surface area contributed by atoms with E-state index in [1.807, 2.05) is 19.0 Å². The standard InChI is InChI=1S/C9H15F3N4S/c1-16(2)4-3-6(15-13)7-5-14-8(17-7)9(10,11)12/h5-6,15H,3-4,13H2,1-2H3. The lowest BCUT2D eigenvalue weighted by molar-refractivity contribution is -0.137. The number of nitrogens with one attached hydrogen (secondary N) is 1. The minimum atomic E-state index is -4.39. The fourth-order valence-corrected chi connectivity index (χ4v) is 2.15. The molecule has 98 valence electrons. The summed E-state index contributed by atoms with van der Waals surface area (Å²) in [5, 5.41) is -0.836. The van der Waals surface area contributed by atoms with Gasteiger partial charge in [-0.25, -0.2) is 4.98 Å². The summed E-state index contributed by atoms with van der Waals surface area (Å²) in [4.78, 5) is 5.81. The molecule has 1 atom stereocenters. The molecule has 0 spiro atoms. The fraction of sp³-hybridized carbons (Fsp3) is 0.667. The smallest absolute Gasteiger partial charge is 0.309 e. The van der Waals surface area contributed by atoms with Crippen LogP contribution in [0.1, 0.15) is 22.3 Å². The Bertz CT molecular complexity index is 350. The van der Waals surface area contributed by atoms with Crippen LogP contribution in [0.3, 0.4) is 0 Å². The lowest BCUT2D eigenvalue weighted by Crippen LogP contribution is -2.30. The van der Waals surface area contributed by atoms with Crippen LogP contribution >= 0.6 is 11.3 Å². The molecule has 0 aliphatic heterocycles. The van der Waals surface area contributed by atoms with Crippen molar-refractivity contribution in [1.29, 1.82) is 0 Å². The van der Waals surface area contributed by atoms with Crippen molar-refractivity contribution < 1.29 is 13.2 Å². The Morgan fingerprint density at radius 2 is 2.18 bits per heavy atom. The fourth-order valence-electron chi connectivity index (χ4n) is 1.27. The van der Waals surface area contributed by atoms with Crippen LogP contribution in [-0.4, -0.2) is 30.5 Å². The van der Waals surface area contributed by atoms with E-state index < -0.39 is 11.2 Å². The van der Waals surface area contributed by atoms with Crippen molar-refractivity contribution in [2.24, 2.45) is 5.84 Å². The van der Waals surface area contributed by atoms with E-state index in [1.54, 1.807) is 0 Å². The van der Waals surface area contributed by atoms with Gasteiger partial charge in [0.1, 0.15) is 0 Å². The number of thiazole rings is 1. The van der Waals surface area contributed by atoms with Gasteiger partial charge in [-0.15, -0.1) is 11.3 Å². The molecular weight excluding hydrogens is 253 g/mol. The van der Waals surface area contributed by atoms with Crippen molar-refractivity contribution >= 4 is 11.3 Å². The first-order valence-corrected chi connectivity index (χ1v) is 5.80. The maximum atomic E-state index is 12.4. The summed E-state index contributed by atoms with van der Waals surface area (Å²) in [5.41, 5.74) is 2.51. The topological polar surface area (TPSA) is 54.2 Å². The van der Waals surface area contributed by atoms with E-state index in [1.165, 1.54) is 6.20 Å². The maximum Gasteiger partial charge on any atom is 0.443 e. The van der Waals surface area contributed by atoms with Gasteiger partial charge in [-0.3, -0.25) is 11.3 Å². The SMILES string of the molecule is CN(C)CCC(NN)c1cnc(C(F)(F)F)s1. The highest BCUT2D eigenvalue weighted by molar-refractivity contribution is 7.11. The largest absolute Gasteiger partial charge is 0.443 e. The van der Waals surface area contributed by atoms with E-state index in [9.17, 15) is 13.2 Å². The molecule has 1 aromatic rings. The molecule has 0 bridgehead atoms. The molecule has 1 heterocycles. The van der Waals surface area contributed by atoms with Crippen LogP contribution in [0.2, 0.25) is 0 Å². The van der Waals surface area contributed by atoms with Crippen molar-refractivity contribution in [2.75, 3.05) is 20.6 Å². The Hall–Kier alpha value is -0.700. The van der Waals surface area contributed by atoms with Crippen LogP contribution in [0.15, 0.2) is 6.20 Å². The Morgan fingerprint density at radius 1 is 1.53 bits per heavy atom. The molecule has 0 aliphatic rings. The summed E-state index contributed by atoms with van der Waals surface area (Å²) in [6.07, 6.45) is -2.53. The van der Waals surface area contributed by atoms with Crippen LogP contribution in [0.25, 0.3) is 0 Å².